The van der Waals surface area contributed by atoms with Gasteiger partial charge in [0, 0.05) is 36.6 Å². The van der Waals surface area contributed by atoms with E-state index in [1.807, 2.05) is 24.3 Å². The lowest BCUT2D eigenvalue weighted by atomic mass is 10.1. The minimum absolute atomic E-state index is 0.207. The molecule has 152 valence electrons. The first-order chi connectivity index (χ1) is 14.2. The number of hydrogen-bond acceptors (Lipinski definition) is 8. The maximum atomic E-state index is 5.61. The molecule has 4 rings (SSSR count). The van der Waals surface area contributed by atoms with Gasteiger partial charge in [0.1, 0.15) is 0 Å². The number of pyridine rings is 1. The van der Waals surface area contributed by atoms with Gasteiger partial charge in [0.15, 0.2) is 11.5 Å². The Hall–Kier alpha value is -3.13. The van der Waals surface area contributed by atoms with Crippen LogP contribution in [0.15, 0.2) is 41.2 Å². The van der Waals surface area contributed by atoms with Gasteiger partial charge in [-0.2, -0.15) is 4.98 Å². The van der Waals surface area contributed by atoms with E-state index in [2.05, 4.69) is 20.0 Å². The van der Waals surface area contributed by atoms with Crippen LogP contribution in [0.25, 0.3) is 11.4 Å². The van der Waals surface area contributed by atoms with E-state index in [-0.39, 0.29) is 5.92 Å². The molecule has 0 aliphatic carbocycles. The second kappa shape index (κ2) is 8.48. The van der Waals surface area contributed by atoms with Crippen LogP contribution in [0.4, 0.5) is 0 Å². The molecule has 0 amide bonds. The van der Waals surface area contributed by atoms with Gasteiger partial charge in [-0.15, -0.1) is 0 Å². The first-order valence-electron chi connectivity index (χ1n) is 9.47. The molecule has 1 aliphatic heterocycles. The van der Waals surface area contributed by atoms with E-state index in [1.54, 1.807) is 33.7 Å². The molecule has 29 heavy (non-hydrogen) atoms. The zero-order valence-corrected chi connectivity index (χ0v) is 16.8. The first-order valence-corrected chi connectivity index (χ1v) is 9.47. The number of methoxy groups -OCH3 is 3. The van der Waals surface area contributed by atoms with Crippen LogP contribution in [0.2, 0.25) is 0 Å². The molecule has 0 spiro atoms. The SMILES string of the molecule is COc1ccc(CN2CC[C@H](c3nc(-c4cccnc4)no3)C2)c(OC)c1OC. The minimum Gasteiger partial charge on any atom is -0.493 e. The Morgan fingerprint density at radius 3 is 2.69 bits per heavy atom. The standard InChI is InChI=1S/C21H24N4O4/c1-26-17-7-6-15(18(27-2)19(17)28-3)12-25-10-8-16(13-25)21-23-20(24-29-21)14-5-4-9-22-11-14/h4-7,9,11,16H,8,10,12-13H2,1-3H3/t16-/m0/s1. The summed E-state index contributed by atoms with van der Waals surface area (Å²) in [5, 5.41) is 4.11. The molecule has 2 aromatic heterocycles. The maximum absolute atomic E-state index is 5.61. The summed E-state index contributed by atoms with van der Waals surface area (Å²) in [7, 11) is 4.88. The predicted molar refractivity (Wildman–Crippen MR) is 106 cm³/mol. The molecule has 8 heteroatoms. The third-order valence-corrected chi connectivity index (χ3v) is 5.16. The van der Waals surface area contributed by atoms with E-state index >= 15 is 0 Å². The molecule has 8 nitrogen and oxygen atoms in total. The van der Waals surface area contributed by atoms with Crippen molar-refractivity contribution in [1.29, 1.82) is 0 Å². The van der Waals surface area contributed by atoms with Crippen molar-refractivity contribution in [3.05, 3.63) is 48.1 Å². The van der Waals surface area contributed by atoms with E-state index in [1.165, 1.54) is 0 Å². The zero-order chi connectivity index (χ0) is 20.2. The number of rotatable bonds is 7. The van der Waals surface area contributed by atoms with Gasteiger partial charge < -0.3 is 18.7 Å². The maximum Gasteiger partial charge on any atom is 0.231 e. The van der Waals surface area contributed by atoms with Crippen molar-refractivity contribution >= 4 is 0 Å². The highest BCUT2D eigenvalue weighted by molar-refractivity contribution is 5.56. The van der Waals surface area contributed by atoms with Gasteiger partial charge >= 0.3 is 0 Å². The second-order valence-electron chi connectivity index (χ2n) is 6.91. The summed E-state index contributed by atoms with van der Waals surface area (Å²) in [6, 6.07) is 7.70. The van der Waals surface area contributed by atoms with Crippen molar-refractivity contribution in [2.45, 2.75) is 18.9 Å². The third-order valence-electron chi connectivity index (χ3n) is 5.16. The Morgan fingerprint density at radius 1 is 1.10 bits per heavy atom. The van der Waals surface area contributed by atoms with Crippen LogP contribution in [0.3, 0.4) is 0 Å². The molecular formula is C21H24N4O4. The summed E-state index contributed by atoms with van der Waals surface area (Å²) in [5.74, 6) is 3.42. The van der Waals surface area contributed by atoms with Crippen molar-refractivity contribution in [3.63, 3.8) is 0 Å². The summed E-state index contributed by atoms with van der Waals surface area (Å²) in [6.07, 6.45) is 4.42. The van der Waals surface area contributed by atoms with E-state index in [0.29, 0.717) is 29.0 Å². The topological polar surface area (TPSA) is 82.7 Å². The lowest BCUT2D eigenvalue weighted by molar-refractivity contribution is 0.293. The summed E-state index contributed by atoms with van der Waals surface area (Å²) in [6.45, 7) is 2.52. The molecular weight excluding hydrogens is 372 g/mol. The van der Waals surface area contributed by atoms with Crippen LogP contribution >= 0.6 is 0 Å². The van der Waals surface area contributed by atoms with Gasteiger partial charge in [-0.1, -0.05) is 11.2 Å². The van der Waals surface area contributed by atoms with Crippen LogP contribution in [0.5, 0.6) is 17.2 Å². The highest BCUT2D eigenvalue weighted by Gasteiger charge is 2.29. The lowest BCUT2D eigenvalue weighted by Crippen LogP contribution is -2.20. The molecule has 3 heterocycles. The van der Waals surface area contributed by atoms with Crippen molar-refractivity contribution in [2.24, 2.45) is 0 Å². The van der Waals surface area contributed by atoms with E-state index in [0.717, 1.165) is 37.2 Å². The van der Waals surface area contributed by atoms with Crippen molar-refractivity contribution in [3.8, 4) is 28.6 Å². The molecule has 1 atom stereocenters. The van der Waals surface area contributed by atoms with E-state index < -0.39 is 0 Å². The fraction of sp³-hybridized carbons (Fsp3) is 0.381. The molecule has 0 bridgehead atoms. The molecule has 1 saturated heterocycles. The van der Waals surface area contributed by atoms with Gasteiger partial charge in [-0.05, 0) is 31.2 Å². The highest BCUT2D eigenvalue weighted by Crippen LogP contribution is 2.41. The minimum atomic E-state index is 0.207. The van der Waals surface area contributed by atoms with Gasteiger partial charge in [0.2, 0.25) is 17.5 Å². The molecule has 0 unspecified atom stereocenters. The first kappa shape index (κ1) is 19.2. The van der Waals surface area contributed by atoms with Gasteiger partial charge in [-0.3, -0.25) is 9.88 Å². The fourth-order valence-electron chi connectivity index (χ4n) is 3.72. The number of nitrogens with zero attached hydrogens (tertiary/aromatic N) is 4. The van der Waals surface area contributed by atoms with Crippen molar-refractivity contribution in [1.82, 2.24) is 20.0 Å². The van der Waals surface area contributed by atoms with Crippen LogP contribution in [-0.2, 0) is 6.54 Å². The zero-order valence-electron chi connectivity index (χ0n) is 16.8. The lowest BCUT2D eigenvalue weighted by Gasteiger charge is -2.20. The Morgan fingerprint density at radius 2 is 1.97 bits per heavy atom. The van der Waals surface area contributed by atoms with Crippen LogP contribution in [0.1, 0.15) is 23.8 Å². The van der Waals surface area contributed by atoms with Gasteiger partial charge in [-0.25, -0.2) is 0 Å². The molecule has 3 aromatic rings. The Balaban J connectivity index is 1.47. The monoisotopic (exact) mass is 396 g/mol. The summed E-state index contributed by atoms with van der Waals surface area (Å²) in [4.78, 5) is 11.0. The molecule has 0 saturated carbocycles. The quantitative estimate of drug-likeness (QED) is 0.602. The molecule has 1 aliphatic rings. The van der Waals surface area contributed by atoms with Crippen LogP contribution in [0, 0.1) is 0 Å². The average molecular weight is 396 g/mol. The Kier molecular flexibility index (Phi) is 5.62. The van der Waals surface area contributed by atoms with Crippen molar-refractivity contribution < 1.29 is 18.7 Å². The predicted octanol–water partition coefficient (Wildman–Crippen LogP) is 3.15. The largest absolute Gasteiger partial charge is 0.493 e. The number of benzene rings is 1. The third kappa shape index (κ3) is 3.88. The molecule has 0 N–H and O–H groups in total. The molecule has 1 aromatic carbocycles. The average Bonchev–Trinajstić information content (AvgIpc) is 3.43. The number of aromatic nitrogens is 3. The van der Waals surface area contributed by atoms with Crippen molar-refractivity contribution in [2.75, 3.05) is 34.4 Å². The fourth-order valence-corrected chi connectivity index (χ4v) is 3.72. The van der Waals surface area contributed by atoms with E-state index in [4.69, 9.17) is 18.7 Å². The molecule has 0 radical (unpaired) electrons. The normalized spacial score (nSPS) is 16.7. The van der Waals surface area contributed by atoms with Gasteiger partial charge in [0.25, 0.3) is 0 Å². The van der Waals surface area contributed by atoms with E-state index in [9.17, 15) is 0 Å². The number of likely N-dealkylation sites (tertiary alicyclic amines) is 1. The second-order valence-corrected chi connectivity index (χ2v) is 6.91. The summed E-state index contributed by atoms with van der Waals surface area (Å²) >= 11 is 0. The smallest absolute Gasteiger partial charge is 0.231 e. The number of hydrogen-bond donors (Lipinski definition) is 0. The summed E-state index contributed by atoms with van der Waals surface area (Å²) in [5.41, 5.74) is 1.90. The molecule has 1 fully saturated rings. The van der Waals surface area contributed by atoms with Gasteiger partial charge in [0.05, 0.1) is 27.2 Å². The summed E-state index contributed by atoms with van der Waals surface area (Å²) < 4.78 is 22.0. The number of ether oxygens (including phenoxy) is 3. The Bertz CT molecular complexity index is 961. The van der Waals surface area contributed by atoms with Crippen LogP contribution < -0.4 is 14.2 Å². The highest BCUT2D eigenvalue weighted by atomic mass is 16.5. The Labute approximate surface area is 169 Å². The van der Waals surface area contributed by atoms with Crippen LogP contribution in [-0.4, -0.2) is 54.4 Å².